The van der Waals surface area contributed by atoms with E-state index in [2.05, 4.69) is 29.6 Å². The molecule has 0 spiro atoms. The van der Waals surface area contributed by atoms with Crippen LogP contribution in [0.2, 0.25) is 0 Å². The van der Waals surface area contributed by atoms with E-state index in [1.54, 1.807) is 18.2 Å². The Bertz CT molecular complexity index is 858. The number of amides is 1. The summed E-state index contributed by atoms with van der Waals surface area (Å²) in [6, 6.07) is 20.5. The zero-order valence-electron chi connectivity index (χ0n) is 13.5. The molecule has 0 unspecified atom stereocenters. The van der Waals surface area contributed by atoms with E-state index in [-0.39, 0.29) is 18.1 Å². The molecule has 0 saturated carbocycles. The van der Waals surface area contributed by atoms with Crippen LogP contribution in [0.3, 0.4) is 0 Å². The molecule has 0 aliphatic rings. The van der Waals surface area contributed by atoms with E-state index in [4.69, 9.17) is 0 Å². The molecule has 1 amide bonds. The van der Waals surface area contributed by atoms with E-state index in [1.807, 2.05) is 30.1 Å². The van der Waals surface area contributed by atoms with Gasteiger partial charge in [-0.2, -0.15) is 0 Å². The second kappa shape index (κ2) is 7.23. The number of para-hydroxylation sites is 1. The van der Waals surface area contributed by atoms with Crippen LogP contribution in [0.25, 0.3) is 10.8 Å². The van der Waals surface area contributed by atoms with Crippen molar-refractivity contribution in [2.24, 2.45) is 0 Å². The number of hydrogen-bond acceptors (Lipinski definition) is 2. The maximum Gasteiger partial charge on any atom is 0.238 e. The third kappa shape index (κ3) is 3.78. The monoisotopic (exact) mass is 322 g/mol. The average molecular weight is 322 g/mol. The number of nitrogens with one attached hydrogen (secondary N) is 1. The molecule has 0 radical (unpaired) electrons. The third-order valence-corrected chi connectivity index (χ3v) is 3.88. The summed E-state index contributed by atoms with van der Waals surface area (Å²) < 4.78 is 13.6. The normalized spacial score (nSPS) is 11.0. The van der Waals surface area contributed by atoms with E-state index in [9.17, 15) is 9.18 Å². The molecule has 3 nitrogen and oxygen atoms in total. The molecule has 1 N–H and O–H groups in total. The van der Waals surface area contributed by atoms with Gasteiger partial charge < -0.3 is 5.32 Å². The van der Waals surface area contributed by atoms with Crippen molar-refractivity contribution in [3.8, 4) is 0 Å². The van der Waals surface area contributed by atoms with Gasteiger partial charge in [0.1, 0.15) is 5.82 Å². The number of rotatable bonds is 5. The predicted molar refractivity (Wildman–Crippen MR) is 95.3 cm³/mol. The van der Waals surface area contributed by atoms with Crippen molar-refractivity contribution >= 4 is 22.4 Å². The number of likely N-dealkylation sites (N-methyl/N-ethyl adjacent to an activating group) is 1. The first kappa shape index (κ1) is 16.1. The maximum absolute atomic E-state index is 13.6. The molecular formula is C20H19FN2O. The Hall–Kier alpha value is -2.72. The summed E-state index contributed by atoms with van der Waals surface area (Å²) in [4.78, 5) is 14.0. The molecule has 0 saturated heterocycles. The van der Waals surface area contributed by atoms with Crippen LogP contribution in [0, 0.1) is 5.82 Å². The van der Waals surface area contributed by atoms with Crippen LogP contribution < -0.4 is 5.32 Å². The van der Waals surface area contributed by atoms with Gasteiger partial charge >= 0.3 is 0 Å². The van der Waals surface area contributed by atoms with Crippen molar-refractivity contribution in [2.75, 3.05) is 18.9 Å². The molecule has 0 bridgehead atoms. The fraction of sp³-hybridized carbons (Fsp3) is 0.150. The molecule has 3 aromatic rings. The summed E-state index contributed by atoms with van der Waals surface area (Å²) in [5.41, 5.74) is 1.37. The van der Waals surface area contributed by atoms with Gasteiger partial charge in [0.2, 0.25) is 5.91 Å². The Morgan fingerprint density at radius 2 is 1.71 bits per heavy atom. The first-order valence-electron chi connectivity index (χ1n) is 7.83. The fourth-order valence-corrected chi connectivity index (χ4v) is 2.77. The van der Waals surface area contributed by atoms with E-state index in [1.165, 1.54) is 16.8 Å². The zero-order valence-corrected chi connectivity index (χ0v) is 13.5. The van der Waals surface area contributed by atoms with Gasteiger partial charge in [0.05, 0.1) is 12.2 Å². The first-order chi connectivity index (χ1) is 11.6. The van der Waals surface area contributed by atoms with Crippen molar-refractivity contribution in [3.05, 3.63) is 78.1 Å². The minimum atomic E-state index is -0.428. The van der Waals surface area contributed by atoms with Gasteiger partial charge in [0.15, 0.2) is 0 Å². The molecule has 0 heterocycles. The number of hydrogen-bond donors (Lipinski definition) is 1. The Labute approximate surface area is 140 Å². The molecule has 3 aromatic carbocycles. The topological polar surface area (TPSA) is 32.3 Å². The van der Waals surface area contributed by atoms with Gasteiger partial charge in [-0.25, -0.2) is 4.39 Å². The summed E-state index contributed by atoms with van der Waals surface area (Å²) >= 11 is 0. The van der Waals surface area contributed by atoms with Gasteiger partial charge in [-0.1, -0.05) is 54.6 Å². The first-order valence-corrected chi connectivity index (χ1v) is 7.83. The van der Waals surface area contributed by atoms with Crippen molar-refractivity contribution in [2.45, 2.75) is 6.54 Å². The number of carbonyl (C=O) groups is 1. The van der Waals surface area contributed by atoms with E-state index >= 15 is 0 Å². The van der Waals surface area contributed by atoms with Gasteiger partial charge in [-0.3, -0.25) is 9.69 Å². The molecule has 3 rings (SSSR count). The lowest BCUT2D eigenvalue weighted by molar-refractivity contribution is -0.117. The second-order valence-corrected chi connectivity index (χ2v) is 5.84. The molecular weight excluding hydrogens is 303 g/mol. The predicted octanol–water partition coefficient (Wildman–Crippen LogP) is 4.05. The van der Waals surface area contributed by atoms with Crippen LogP contribution in [0.15, 0.2) is 66.7 Å². The number of fused-ring (bicyclic) bond motifs is 1. The highest BCUT2D eigenvalue weighted by atomic mass is 19.1. The summed E-state index contributed by atoms with van der Waals surface area (Å²) in [6.07, 6.45) is 0. The summed E-state index contributed by atoms with van der Waals surface area (Å²) in [7, 11) is 1.88. The van der Waals surface area contributed by atoms with Crippen LogP contribution >= 0.6 is 0 Å². The highest BCUT2D eigenvalue weighted by Gasteiger charge is 2.11. The molecule has 0 atom stereocenters. The largest absolute Gasteiger partial charge is 0.322 e. The summed E-state index contributed by atoms with van der Waals surface area (Å²) in [6.45, 7) is 0.837. The van der Waals surface area contributed by atoms with Crippen LogP contribution in [0.4, 0.5) is 10.1 Å². The standard InChI is InChI=1S/C20H19FN2O/c1-23(14-20(24)22-19-12-5-4-11-18(19)21)13-16-9-6-8-15-7-2-3-10-17(15)16/h2-12H,13-14H2,1H3,(H,22,24). The van der Waals surface area contributed by atoms with Crippen molar-refractivity contribution in [1.29, 1.82) is 0 Å². The smallest absolute Gasteiger partial charge is 0.238 e. The molecule has 0 fully saturated rings. The van der Waals surface area contributed by atoms with Gasteiger partial charge in [0, 0.05) is 6.54 Å². The number of halogens is 1. The molecule has 24 heavy (non-hydrogen) atoms. The lowest BCUT2D eigenvalue weighted by Gasteiger charge is -2.17. The van der Waals surface area contributed by atoms with Crippen molar-refractivity contribution in [3.63, 3.8) is 0 Å². The Morgan fingerprint density at radius 1 is 1.00 bits per heavy atom. The van der Waals surface area contributed by atoms with E-state index in [0.717, 1.165) is 5.56 Å². The maximum atomic E-state index is 13.6. The highest BCUT2D eigenvalue weighted by Crippen LogP contribution is 2.19. The number of anilines is 1. The van der Waals surface area contributed by atoms with Gasteiger partial charge in [0.25, 0.3) is 0 Å². The minimum absolute atomic E-state index is 0.192. The number of carbonyl (C=O) groups excluding carboxylic acids is 1. The van der Waals surface area contributed by atoms with Crippen LogP contribution in [-0.4, -0.2) is 24.4 Å². The Balaban J connectivity index is 1.66. The molecule has 0 aliphatic heterocycles. The molecule has 0 aromatic heterocycles. The molecule has 0 aliphatic carbocycles. The number of benzene rings is 3. The van der Waals surface area contributed by atoms with Gasteiger partial charge in [-0.15, -0.1) is 0 Å². The van der Waals surface area contributed by atoms with Crippen LogP contribution in [0.1, 0.15) is 5.56 Å². The SMILES string of the molecule is CN(CC(=O)Nc1ccccc1F)Cc1cccc2ccccc12. The van der Waals surface area contributed by atoms with E-state index in [0.29, 0.717) is 6.54 Å². The second-order valence-electron chi connectivity index (χ2n) is 5.84. The van der Waals surface area contributed by atoms with Crippen LogP contribution in [0.5, 0.6) is 0 Å². The van der Waals surface area contributed by atoms with Crippen molar-refractivity contribution in [1.82, 2.24) is 4.90 Å². The minimum Gasteiger partial charge on any atom is -0.322 e. The zero-order chi connectivity index (χ0) is 16.9. The molecule has 4 heteroatoms. The number of nitrogens with zero attached hydrogens (tertiary/aromatic N) is 1. The quantitative estimate of drug-likeness (QED) is 0.768. The summed E-state index contributed by atoms with van der Waals surface area (Å²) in [5, 5.41) is 4.97. The fourth-order valence-electron chi connectivity index (χ4n) is 2.77. The average Bonchev–Trinajstić information content (AvgIpc) is 2.57. The highest BCUT2D eigenvalue weighted by molar-refractivity contribution is 5.92. The summed E-state index contributed by atoms with van der Waals surface area (Å²) in [5.74, 6) is -0.662. The Kier molecular flexibility index (Phi) is 4.87. The lowest BCUT2D eigenvalue weighted by Crippen LogP contribution is -2.30. The van der Waals surface area contributed by atoms with E-state index < -0.39 is 5.82 Å². The van der Waals surface area contributed by atoms with Gasteiger partial charge in [-0.05, 0) is 35.5 Å². The van der Waals surface area contributed by atoms with Crippen molar-refractivity contribution < 1.29 is 9.18 Å². The lowest BCUT2D eigenvalue weighted by atomic mass is 10.0. The third-order valence-electron chi connectivity index (χ3n) is 3.88. The Morgan fingerprint density at radius 3 is 2.54 bits per heavy atom. The van der Waals surface area contributed by atoms with Crippen LogP contribution in [-0.2, 0) is 11.3 Å². The molecule has 122 valence electrons.